The summed E-state index contributed by atoms with van der Waals surface area (Å²) in [6.07, 6.45) is -0.814. The van der Waals surface area contributed by atoms with E-state index in [1.807, 2.05) is 0 Å². The van der Waals surface area contributed by atoms with Crippen LogP contribution in [-0.2, 0) is 4.79 Å². The van der Waals surface area contributed by atoms with Crippen molar-refractivity contribution in [2.45, 2.75) is 25.5 Å². The van der Waals surface area contributed by atoms with Crippen LogP contribution in [0.2, 0.25) is 0 Å². The molecule has 0 aromatic rings. The summed E-state index contributed by atoms with van der Waals surface area (Å²) in [6.45, 7) is 1.24. The van der Waals surface area contributed by atoms with E-state index in [4.69, 9.17) is 15.9 Å². The lowest BCUT2D eigenvalue weighted by atomic mass is 10.1. The monoisotopic (exact) mass is 147 g/mol. The summed E-state index contributed by atoms with van der Waals surface area (Å²) in [6, 6.07) is -0.731. The third-order valence-electron chi connectivity index (χ3n) is 1.22. The molecule has 0 spiro atoms. The molecule has 4 nitrogen and oxygen atoms in total. The lowest BCUT2D eigenvalue weighted by molar-refractivity contribution is -0.127. The molecule has 4 heteroatoms. The van der Waals surface area contributed by atoms with Crippen molar-refractivity contribution in [3.05, 3.63) is 0 Å². The number of ketones is 1. The molecule has 4 N–H and O–H groups in total. The van der Waals surface area contributed by atoms with Crippen molar-refractivity contribution < 1.29 is 15.0 Å². The van der Waals surface area contributed by atoms with E-state index in [0.717, 1.165) is 0 Å². The van der Waals surface area contributed by atoms with Gasteiger partial charge in [-0.3, -0.25) is 4.79 Å². The van der Waals surface area contributed by atoms with Crippen LogP contribution >= 0.6 is 0 Å². The molecule has 0 bridgehead atoms. The van der Waals surface area contributed by atoms with E-state index < -0.39 is 17.9 Å². The first-order chi connectivity index (χ1) is 4.59. The largest absolute Gasteiger partial charge is 0.396 e. The summed E-state index contributed by atoms with van der Waals surface area (Å²) in [5.41, 5.74) is 5.26. The quantitative estimate of drug-likeness (QED) is 0.459. The Morgan fingerprint density at radius 1 is 1.70 bits per heavy atom. The van der Waals surface area contributed by atoms with Crippen molar-refractivity contribution in [1.82, 2.24) is 0 Å². The maximum atomic E-state index is 10.7. The molecule has 0 rings (SSSR count). The highest BCUT2D eigenvalue weighted by atomic mass is 16.3. The topological polar surface area (TPSA) is 83.5 Å². The van der Waals surface area contributed by atoms with Crippen molar-refractivity contribution in [2.75, 3.05) is 6.61 Å². The molecule has 10 heavy (non-hydrogen) atoms. The fourth-order valence-corrected chi connectivity index (χ4v) is 0.591. The molecule has 0 amide bonds. The molecule has 0 saturated carbocycles. The lowest BCUT2D eigenvalue weighted by Gasteiger charge is -2.09. The summed E-state index contributed by atoms with van der Waals surface area (Å²) in [7, 11) is 0. The molecule has 0 aliphatic heterocycles. The van der Waals surface area contributed by atoms with E-state index in [0.29, 0.717) is 0 Å². The molecule has 0 aromatic carbocycles. The number of carbonyl (C=O) groups is 1. The number of aliphatic hydroxyl groups is 2. The Kier molecular flexibility index (Phi) is 4.18. The Balaban J connectivity index is 3.71. The number of aliphatic hydroxyl groups excluding tert-OH is 2. The number of hydrogen-bond acceptors (Lipinski definition) is 4. The van der Waals surface area contributed by atoms with Crippen molar-refractivity contribution in [2.24, 2.45) is 5.73 Å². The highest BCUT2D eigenvalue weighted by Gasteiger charge is 2.16. The molecule has 2 atom stereocenters. The standard InChI is InChI=1S/C6H13NO3/c1-4(9)6(10)5(7)2-3-8/h4-5,8-9H,2-3,7H2,1H3. The van der Waals surface area contributed by atoms with Gasteiger partial charge in [0.05, 0.1) is 6.04 Å². The third-order valence-corrected chi connectivity index (χ3v) is 1.22. The smallest absolute Gasteiger partial charge is 0.177 e. The summed E-state index contributed by atoms with van der Waals surface area (Å²) in [5.74, 6) is -0.422. The Hall–Kier alpha value is -0.450. The summed E-state index contributed by atoms with van der Waals surface area (Å²) in [5, 5.41) is 17.1. The van der Waals surface area contributed by atoms with Crippen molar-refractivity contribution in [3.63, 3.8) is 0 Å². The van der Waals surface area contributed by atoms with E-state index in [1.165, 1.54) is 6.92 Å². The van der Waals surface area contributed by atoms with Gasteiger partial charge in [-0.1, -0.05) is 0 Å². The number of hydrogen-bond donors (Lipinski definition) is 3. The number of nitrogens with two attached hydrogens (primary N) is 1. The Labute approximate surface area is 59.7 Å². The average molecular weight is 147 g/mol. The molecule has 2 unspecified atom stereocenters. The minimum atomic E-state index is -1.03. The lowest BCUT2D eigenvalue weighted by Crippen LogP contribution is -2.37. The van der Waals surface area contributed by atoms with Crippen molar-refractivity contribution in [1.29, 1.82) is 0 Å². The number of carbonyl (C=O) groups excluding carboxylic acids is 1. The fourth-order valence-electron chi connectivity index (χ4n) is 0.591. The van der Waals surface area contributed by atoms with Gasteiger partial charge in [0.25, 0.3) is 0 Å². The molecule has 0 fully saturated rings. The van der Waals surface area contributed by atoms with Gasteiger partial charge in [0.1, 0.15) is 6.10 Å². The van der Waals surface area contributed by atoms with Gasteiger partial charge in [-0.15, -0.1) is 0 Å². The van der Waals surface area contributed by atoms with E-state index in [2.05, 4.69) is 0 Å². The van der Waals surface area contributed by atoms with Crippen LogP contribution in [0.15, 0.2) is 0 Å². The first-order valence-electron chi connectivity index (χ1n) is 3.17. The Morgan fingerprint density at radius 2 is 2.20 bits per heavy atom. The van der Waals surface area contributed by atoms with Gasteiger partial charge in [-0.2, -0.15) is 0 Å². The molecule has 0 aliphatic carbocycles. The van der Waals surface area contributed by atoms with Crippen LogP contribution in [-0.4, -0.2) is 34.7 Å². The SMILES string of the molecule is CC(O)C(=O)C(N)CCO. The van der Waals surface area contributed by atoms with Gasteiger partial charge in [-0.25, -0.2) is 0 Å². The molecule has 0 aliphatic rings. The summed E-state index contributed by atoms with van der Waals surface area (Å²) in [4.78, 5) is 10.7. The average Bonchev–Trinajstić information content (AvgIpc) is 1.87. The highest BCUT2D eigenvalue weighted by molar-refractivity contribution is 5.87. The van der Waals surface area contributed by atoms with E-state index in [9.17, 15) is 4.79 Å². The zero-order valence-corrected chi connectivity index (χ0v) is 5.95. The predicted molar refractivity (Wildman–Crippen MR) is 36.4 cm³/mol. The van der Waals surface area contributed by atoms with Gasteiger partial charge in [0, 0.05) is 6.61 Å². The van der Waals surface area contributed by atoms with Crippen LogP contribution in [0.25, 0.3) is 0 Å². The van der Waals surface area contributed by atoms with Crippen molar-refractivity contribution in [3.8, 4) is 0 Å². The second-order valence-corrected chi connectivity index (χ2v) is 2.20. The van der Waals surface area contributed by atoms with E-state index >= 15 is 0 Å². The second kappa shape index (κ2) is 4.38. The molecule has 0 radical (unpaired) electrons. The zero-order valence-electron chi connectivity index (χ0n) is 5.95. The number of Topliss-reactive ketones (excluding diaryl/α,β-unsaturated/α-hetero) is 1. The maximum Gasteiger partial charge on any atom is 0.177 e. The molecular weight excluding hydrogens is 134 g/mol. The van der Waals surface area contributed by atoms with Crippen LogP contribution < -0.4 is 5.73 Å². The number of rotatable bonds is 4. The van der Waals surface area contributed by atoms with Gasteiger partial charge in [0.15, 0.2) is 5.78 Å². The first-order valence-corrected chi connectivity index (χ1v) is 3.17. The second-order valence-electron chi connectivity index (χ2n) is 2.20. The molecule has 0 heterocycles. The van der Waals surface area contributed by atoms with Gasteiger partial charge in [0.2, 0.25) is 0 Å². The molecular formula is C6H13NO3. The van der Waals surface area contributed by atoms with Crippen LogP contribution in [0.3, 0.4) is 0 Å². The van der Waals surface area contributed by atoms with Gasteiger partial charge in [-0.05, 0) is 13.3 Å². The Morgan fingerprint density at radius 3 is 2.50 bits per heavy atom. The minimum Gasteiger partial charge on any atom is -0.396 e. The molecule has 60 valence electrons. The Bertz CT molecular complexity index is 114. The van der Waals surface area contributed by atoms with E-state index in [-0.39, 0.29) is 13.0 Å². The summed E-state index contributed by atoms with van der Waals surface area (Å²) >= 11 is 0. The van der Waals surface area contributed by atoms with Crippen LogP contribution in [0.1, 0.15) is 13.3 Å². The first kappa shape index (κ1) is 9.55. The van der Waals surface area contributed by atoms with Crippen LogP contribution in [0, 0.1) is 0 Å². The fraction of sp³-hybridized carbons (Fsp3) is 0.833. The summed E-state index contributed by atoms with van der Waals surface area (Å²) < 4.78 is 0. The van der Waals surface area contributed by atoms with E-state index in [1.54, 1.807) is 0 Å². The molecule has 0 saturated heterocycles. The van der Waals surface area contributed by atoms with Crippen LogP contribution in [0.5, 0.6) is 0 Å². The normalized spacial score (nSPS) is 16.4. The zero-order chi connectivity index (χ0) is 8.15. The maximum absolute atomic E-state index is 10.7. The third kappa shape index (κ3) is 2.91. The van der Waals surface area contributed by atoms with Crippen LogP contribution in [0.4, 0.5) is 0 Å². The predicted octanol–water partition coefficient (Wildman–Crippen LogP) is -1.35. The highest BCUT2D eigenvalue weighted by Crippen LogP contribution is 1.93. The molecule has 0 aromatic heterocycles. The van der Waals surface area contributed by atoms with Gasteiger partial charge >= 0.3 is 0 Å². The van der Waals surface area contributed by atoms with Gasteiger partial charge < -0.3 is 15.9 Å². The van der Waals surface area contributed by atoms with Crippen molar-refractivity contribution >= 4 is 5.78 Å². The minimum absolute atomic E-state index is 0.125.